The molecule has 0 aliphatic heterocycles. The largest absolute Gasteiger partial charge is 0.309 e. The molecule has 296 valence electrons. The minimum absolute atomic E-state index is 0.0969. The van der Waals surface area contributed by atoms with Gasteiger partial charge in [0.25, 0.3) is 0 Å². The average Bonchev–Trinajstić information content (AvgIpc) is 3.96. The fourth-order valence-electron chi connectivity index (χ4n) is 10.2. The second kappa shape index (κ2) is 13.7. The number of benzene rings is 9. The van der Waals surface area contributed by atoms with Crippen molar-refractivity contribution in [3.8, 4) is 61.7 Å². The molecule has 1 aliphatic carbocycles. The zero-order chi connectivity index (χ0) is 41.8. The first kappa shape index (κ1) is 36.0. The molecule has 0 fully saturated rings. The molecule has 0 radical (unpaired) electrons. The van der Waals surface area contributed by atoms with E-state index in [9.17, 15) is 0 Å². The third kappa shape index (κ3) is 5.58. The Morgan fingerprint density at radius 2 is 0.984 bits per heavy atom. The predicted octanol–water partition coefficient (Wildman–Crippen LogP) is 16.1. The van der Waals surface area contributed by atoms with Crippen molar-refractivity contribution in [2.24, 2.45) is 0 Å². The van der Waals surface area contributed by atoms with Gasteiger partial charge in [-0.1, -0.05) is 141 Å². The molecular weight excluding hydrogens is 783 g/mol. The highest BCUT2D eigenvalue weighted by molar-refractivity contribution is 7.25. The normalized spacial score (nSPS) is 13.0. The summed E-state index contributed by atoms with van der Waals surface area (Å²) >= 11 is 1.86. The molecule has 0 atom stereocenters. The number of hydrogen-bond acceptors (Lipinski definition) is 3. The zero-order valence-electron chi connectivity index (χ0n) is 34.8. The van der Waals surface area contributed by atoms with Crippen LogP contribution >= 0.6 is 11.3 Å². The van der Waals surface area contributed by atoms with Crippen LogP contribution < -0.4 is 0 Å². The summed E-state index contributed by atoms with van der Waals surface area (Å²) in [6.07, 6.45) is 0. The Bertz CT molecular complexity index is 3810. The van der Waals surface area contributed by atoms with E-state index < -0.39 is 0 Å². The molecule has 0 spiro atoms. The SMILES string of the molecule is CC1(C)c2ccccc2-c2ccc(-c3nc(-c4ccc(-n5c6ccccc6c6cc(-c7ccc(-c8ccc9sc%10ccccc%10c9c8)cc7)ccc65)cc4)nc4ccccc34)cc21. The summed E-state index contributed by atoms with van der Waals surface area (Å²) in [7, 11) is 0. The maximum absolute atomic E-state index is 5.32. The molecule has 1 aliphatic rings. The van der Waals surface area contributed by atoms with E-state index >= 15 is 0 Å². The van der Waals surface area contributed by atoms with E-state index in [2.05, 4.69) is 219 Å². The summed E-state index contributed by atoms with van der Waals surface area (Å²) < 4.78 is 5.04. The van der Waals surface area contributed by atoms with Crippen LogP contribution in [-0.2, 0) is 5.41 Å². The second-order valence-electron chi connectivity index (χ2n) is 17.4. The first-order chi connectivity index (χ1) is 31.0. The van der Waals surface area contributed by atoms with Crippen LogP contribution in [0.2, 0.25) is 0 Å². The maximum Gasteiger partial charge on any atom is 0.160 e. The van der Waals surface area contributed by atoms with E-state index in [-0.39, 0.29) is 5.41 Å². The van der Waals surface area contributed by atoms with Crippen molar-refractivity contribution in [1.29, 1.82) is 0 Å². The monoisotopic (exact) mass is 821 g/mol. The van der Waals surface area contributed by atoms with E-state index in [1.165, 1.54) is 86.5 Å². The fraction of sp³-hybridized carbons (Fsp3) is 0.0508. The fourth-order valence-corrected chi connectivity index (χ4v) is 11.3. The highest BCUT2D eigenvalue weighted by atomic mass is 32.1. The topological polar surface area (TPSA) is 30.7 Å². The van der Waals surface area contributed by atoms with Gasteiger partial charge in [0.05, 0.1) is 22.2 Å². The van der Waals surface area contributed by atoms with E-state index in [0.717, 1.165) is 39.2 Å². The van der Waals surface area contributed by atoms with Gasteiger partial charge < -0.3 is 4.57 Å². The van der Waals surface area contributed by atoms with Crippen LogP contribution in [0.4, 0.5) is 0 Å². The van der Waals surface area contributed by atoms with Gasteiger partial charge in [0, 0.05) is 58.6 Å². The third-order valence-electron chi connectivity index (χ3n) is 13.4. The summed E-state index contributed by atoms with van der Waals surface area (Å²) in [5.41, 5.74) is 17.5. The minimum atomic E-state index is -0.0969. The second-order valence-corrected chi connectivity index (χ2v) is 18.4. The lowest BCUT2D eigenvalue weighted by molar-refractivity contribution is 0.660. The summed E-state index contributed by atoms with van der Waals surface area (Å²) in [5, 5.41) is 6.17. The Morgan fingerprint density at radius 1 is 0.397 bits per heavy atom. The lowest BCUT2D eigenvalue weighted by atomic mass is 9.82. The summed E-state index contributed by atoms with van der Waals surface area (Å²) in [5.74, 6) is 0.719. The van der Waals surface area contributed by atoms with E-state index in [4.69, 9.17) is 9.97 Å². The standard InChI is InChI=1S/C59H39N3S/c1-59(2)50-15-7-3-11-43(50)44-30-25-41(35-51(44)59)57-47-14-4-8-16-52(47)60-58(61-57)38-23-28-42(29-24-38)62-53-17-9-5-12-45(53)48-33-39(26-31-54(48)62)36-19-21-37(22-20-36)40-27-32-56-49(34-40)46-13-6-10-18-55(46)63-56/h3-35H,1-2H3. The van der Waals surface area contributed by atoms with Gasteiger partial charge in [-0.25, -0.2) is 9.97 Å². The van der Waals surface area contributed by atoms with Gasteiger partial charge in [0.15, 0.2) is 5.82 Å². The van der Waals surface area contributed by atoms with Crippen LogP contribution in [0.1, 0.15) is 25.0 Å². The molecule has 63 heavy (non-hydrogen) atoms. The van der Waals surface area contributed by atoms with Crippen molar-refractivity contribution in [1.82, 2.24) is 14.5 Å². The number of fused-ring (bicyclic) bond motifs is 10. The molecule has 12 aromatic rings. The van der Waals surface area contributed by atoms with Gasteiger partial charge in [0.1, 0.15) is 0 Å². The Balaban J connectivity index is 0.849. The quantitative estimate of drug-likeness (QED) is 0.173. The summed E-state index contributed by atoms with van der Waals surface area (Å²) in [6, 6.07) is 73.0. The molecule has 0 amide bonds. The first-order valence-corrected chi connectivity index (χ1v) is 22.5. The molecule has 3 nitrogen and oxygen atoms in total. The zero-order valence-corrected chi connectivity index (χ0v) is 35.6. The molecule has 0 saturated carbocycles. The van der Waals surface area contributed by atoms with Crippen LogP contribution in [0, 0.1) is 0 Å². The highest BCUT2D eigenvalue weighted by Crippen LogP contribution is 2.50. The van der Waals surface area contributed by atoms with Crippen LogP contribution in [0.25, 0.3) is 115 Å². The van der Waals surface area contributed by atoms with Crippen LogP contribution in [0.3, 0.4) is 0 Å². The molecule has 13 rings (SSSR count). The van der Waals surface area contributed by atoms with E-state index in [0.29, 0.717) is 0 Å². The number of nitrogens with zero attached hydrogens (tertiary/aromatic N) is 3. The molecule has 3 aromatic heterocycles. The highest BCUT2D eigenvalue weighted by Gasteiger charge is 2.35. The lowest BCUT2D eigenvalue weighted by Crippen LogP contribution is -2.14. The first-order valence-electron chi connectivity index (χ1n) is 21.6. The van der Waals surface area contributed by atoms with Crippen LogP contribution in [-0.4, -0.2) is 14.5 Å². The summed E-state index contributed by atoms with van der Waals surface area (Å²) in [6.45, 7) is 4.66. The Labute approximate surface area is 369 Å². The average molecular weight is 822 g/mol. The predicted molar refractivity (Wildman–Crippen MR) is 266 cm³/mol. The van der Waals surface area contributed by atoms with Gasteiger partial charge in [-0.05, 0) is 117 Å². The van der Waals surface area contributed by atoms with Gasteiger partial charge in [-0.2, -0.15) is 0 Å². The lowest BCUT2D eigenvalue weighted by Gasteiger charge is -2.22. The van der Waals surface area contributed by atoms with Crippen LogP contribution in [0.15, 0.2) is 200 Å². The smallest absolute Gasteiger partial charge is 0.160 e. The van der Waals surface area contributed by atoms with Gasteiger partial charge in [-0.3, -0.25) is 0 Å². The Hall–Kier alpha value is -7.66. The third-order valence-corrected chi connectivity index (χ3v) is 14.6. The van der Waals surface area contributed by atoms with Crippen molar-refractivity contribution in [3.05, 3.63) is 211 Å². The molecule has 0 saturated heterocycles. The van der Waals surface area contributed by atoms with Crippen molar-refractivity contribution in [3.63, 3.8) is 0 Å². The Morgan fingerprint density at radius 3 is 1.81 bits per heavy atom. The maximum atomic E-state index is 5.32. The van der Waals surface area contributed by atoms with Crippen molar-refractivity contribution in [2.45, 2.75) is 19.3 Å². The Kier molecular flexibility index (Phi) is 7.82. The number of para-hydroxylation sites is 2. The molecule has 3 heterocycles. The molecule has 9 aromatic carbocycles. The molecule has 0 N–H and O–H groups in total. The van der Waals surface area contributed by atoms with Gasteiger partial charge in [-0.15, -0.1) is 11.3 Å². The summed E-state index contributed by atoms with van der Waals surface area (Å²) in [4.78, 5) is 10.4. The van der Waals surface area contributed by atoms with Crippen LogP contribution in [0.5, 0.6) is 0 Å². The van der Waals surface area contributed by atoms with E-state index in [1.54, 1.807) is 0 Å². The van der Waals surface area contributed by atoms with E-state index in [1.807, 2.05) is 11.3 Å². The molecular formula is C59H39N3S. The van der Waals surface area contributed by atoms with Crippen molar-refractivity contribution >= 4 is 64.2 Å². The number of thiophene rings is 1. The number of hydrogen-bond donors (Lipinski definition) is 0. The van der Waals surface area contributed by atoms with Crippen molar-refractivity contribution < 1.29 is 0 Å². The number of rotatable bonds is 5. The van der Waals surface area contributed by atoms with Gasteiger partial charge in [0.2, 0.25) is 0 Å². The number of aromatic nitrogens is 3. The molecule has 0 unspecified atom stereocenters. The van der Waals surface area contributed by atoms with Crippen molar-refractivity contribution in [2.75, 3.05) is 0 Å². The minimum Gasteiger partial charge on any atom is -0.309 e. The molecule has 4 heteroatoms. The molecule has 0 bridgehead atoms. The van der Waals surface area contributed by atoms with Gasteiger partial charge >= 0.3 is 0 Å².